The van der Waals surface area contributed by atoms with Gasteiger partial charge in [0.05, 0.1) is 0 Å². The molecule has 0 bridgehead atoms. The third-order valence-electron chi connectivity index (χ3n) is 6.30. The summed E-state index contributed by atoms with van der Waals surface area (Å²) in [6, 6.07) is 16.5. The van der Waals surface area contributed by atoms with Crippen LogP contribution in [0.5, 0.6) is 0 Å². The predicted octanol–water partition coefficient (Wildman–Crippen LogP) is 7.09. The molecule has 1 saturated carbocycles. The second-order valence-electron chi connectivity index (χ2n) is 8.85. The smallest absolute Gasteiger partial charge is 0.250 e. The van der Waals surface area contributed by atoms with Crippen molar-refractivity contribution >= 4 is 29.3 Å². The Balaban J connectivity index is 1.32. The van der Waals surface area contributed by atoms with Gasteiger partial charge in [-0.2, -0.15) is 4.98 Å². The highest BCUT2D eigenvalue weighted by molar-refractivity contribution is 6.30. The van der Waals surface area contributed by atoms with Gasteiger partial charge in [0.25, 0.3) is 0 Å². The average Bonchev–Trinajstić information content (AvgIpc) is 3.23. The van der Waals surface area contributed by atoms with E-state index in [0.717, 1.165) is 15.6 Å². The standard InChI is InChI=1S/C26H29Cl2N3O/c1-31(2)26(21-10-14-23(28)15-11-21)20-8-3-18(4-9-20)7-16-25-29-24(30-32-25)17-19-5-12-22(27)13-6-19/h5-7,10-16,18,20,26H,3-4,8-9,17H2,1-2H3. The molecule has 0 saturated heterocycles. The van der Waals surface area contributed by atoms with Gasteiger partial charge >= 0.3 is 0 Å². The minimum atomic E-state index is 0.420. The van der Waals surface area contributed by atoms with Gasteiger partial charge in [0.1, 0.15) is 0 Å². The van der Waals surface area contributed by atoms with Crippen LogP contribution in [-0.2, 0) is 6.42 Å². The van der Waals surface area contributed by atoms with Crippen LogP contribution in [-0.4, -0.2) is 29.1 Å². The third-order valence-corrected chi connectivity index (χ3v) is 6.81. The van der Waals surface area contributed by atoms with Crippen molar-refractivity contribution in [1.29, 1.82) is 0 Å². The molecule has 1 unspecified atom stereocenters. The summed E-state index contributed by atoms with van der Waals surface area (Å²) < 4.78 is 5.42. The fourth-order valence-electron chi connectivity index (χ4n) is 4.72. The lowest BCUT2D eigenvalue weighted by atomic mass is 9.76. The molecule has 0 spiro atoms. The lowest BCUT2D eigenvalue weighted by Gasteiger charge is -2.37. The summed E-state index contributed by atoms with van der Waals surface area (Å²) in [5.74, 6) is 2.45. The first-order chi connectivity index (χ1) is 15.5. The van der Waals surface area contributed by atoms with E-state index in [1.54, 1.807) is 0 Å². The summed E-state index contributed by atoms with van der Waals surface area (Å²) >= 11 is 12.0. The molecule has 0 N–H and O–H groups in total. The summed E-state index contributed by atoms with van der Waals surface area (Å²) in [7, 11) is 4.34. The summed E-state index contributed by atoms with van der Waals surface area (Å²) in [5, 5.41) is 5.62. The molecule has 2 aromatic carbocycles. The van der Waals surface area contributed by atoms with Crippen LogP contribution in [0.1, 0.15) is 54.6 Å². The second-order valence-corrected chi connectivity index (χ2v) is 9.72. The van der Waals surface area contributed by atoms with Crippen LogP contribution in [0, 0.1) is 11.8 Å². The third kappa shape index (κ3) is 6.00. The highest BCUT2D eigenvalue weighted by Crippen LogP contribution is 2.40. The van der Waals surface area contributed by atoms with Crippen LogP contribution in [0.15, 0.2) is 59.1 Å². The Hall–Kier alpha value is -2.14. The number of hydrogen-bond acceptors (Lipinski definition) is 4. The van der Waals surface area contributed by atoms with E-state index in [-0.39, 0.29) is 0 Å². The highest BCUT2D eigenvalue weighted by Gasteiger charge is 2.29. The van der Waals surface area contributed by atoms with Crippen LogP contribution in [0.25, 0.3) is 6.08 Å². The average molecular weight is 470 g/mol. The molecule has 1 aromatic heterocycles. The molecule has 4 nitrogen and oxygen atoms in total. The largest absolute Gasteiger partial charge is 0.335 e. The van der Waals surface area contributed by atoms with Gasteiger partial charge in [-0.3, -0.25) is 0 Å². The Morgan fingerprint density at radius 1 is 0.969 bits per heavy atom. The van der Waals surface area contributed by atoms with E-state index in [2.05, 4.69) is 47.3 Å². The Morgan fingerprint density at radius 2 is 1.59 bits per heavy atom. The summed E-state index contributed by atoms with van der Waals surface area (Å²) in [6.45, 7) is 0. The molecule has 1 fully saturated rings. The lowest BCUT2D eigenvalue weighted by molar-refractivity contribution is 0.159. The van der Waals surface area contributed by atoms with Crippen molar-refractivity contribution in [1.82, 2.24) is 15.0 Å². The molecule has 4 rings (SSSR count). The SMILES string of the molecule is CN(C)C(c1ccc(Cl)cc1)C1CCC(C=Cc2nc(Cc3ccc(Cl)cc3)no2)CC1. The number of aromatic nitrogens is 2. The molecule has 1 atom stereocenters. The van der Waals surface area contributed by atoms with Crippen LogP contribution in [0.2, 0.25) is 10.0 Å². The van der Waals surface area contributed by atoms with Crippen molar-refractivity contribution in [3.8, 4) is 0 Å². The van der Waals surface area contributed by atoms with Gasteiger partial charge in [0.15, 0.2) is 5.82 Å². The van der Waals surface area contributed by atoms with Crippen LogP contribution >= 0.6 is 23.2 Å². The lowest BCUT2D eigenvalue weighted by Crippen LogP contribution is -2.30. The Morgan fingerprint density at radius 3 is 2.22 bits per heavy atom. The molecule has 1 aliphatic carbocycles. The number of rotatable bonds is 7. The molecule has 32 heavy (non-hydrogen) atoms. The first kappa shape index (κ1) is 23.0. The van der Waals surface area contributed by atoms with Crippen LogP contribution < -0.4 is 0 Å². The molecule has 0 radical (unpaired) electrons. The Labute approximate surface area is 200 Å². The maximum atomic E-state index is 6.09. The molecule has 1 aliphatic rings. The number of halogens is 2. The van der Waals surface area contributed by atoms with Gasteiger partial charge in [-0.25, -0.2) is 0 Å². The van der Waals surface area contributed by atoms with Crippen LogP contribution in [0.3, 0.4) is 0 Å². The predicted molar refractivity (Wildman–Crippen MR) is 131 cm³/mol. The normalized spacial score (nSPS) is 20.2. The van der Waals surface area contributed by atoms with Crippen molar-refractivity contribution in [3.63, 3.8) is 0 Å². The number of hydrogen-bond donors (Lipinski definition) is 0. The maximum Gasteiger partial charge on any atom is 0.250 e. The van der Waals surface area contributed by atoms with Gasteiger partial charge in [-0.05, 0) is 93.1 Å². The zero-order valence-corrected chi connectivity index (χ0v) is 20.1. The number of benzene rings is 2. The van der Waals surface area contributed by atoms with Gasteiger partial charge in [0, 0.05) is 22.5 Å². The molecular weight excluding hydrogens is 441 g/mol. The molecule has 0 amide bonds. The van der Waals surface area contributed by atoms with Gasteiger partial charge in [-0.15, -0.1) is 0 Å². The highest BCUT2D eigenvalue weighted by atomic mass is 35.5. The molecular formula is C26H29Cl2N3O. The minimum absolute atomic E-state index is 0.420. The van der Waals surface area contributed by atoms with Gasteiger partial charge in [-0.1, -0.05) is 58.7 Å². The van der Waals surface area contributed by atoms with E-state index in [1.807, 2.05) is 42.5 Å². The molecule has 1 heterocycles. The van der Waals surface area contributed by atoms with Crippen molar-refractivity contribution in [2.45, 2.75) is 38.1 Å². The summed E-state index contributed by atoms with van der Waals surface area (Å²) in [5.41, 5.74) is 2.46. The van der Waals surface area contributed by atoms with E-state index in [1.165, 1.54) is 31.2 Å². The van der Waals surface area contributed by atoms with Crippen molar-refractivity contribution in [3.05, 3.63) is 87.5 Å². The zero-order chi connectivity index (χ0) is 22.5. The fourth-order valence-corrected chi connectivity index (χ4v) is 4.97. The Kier molecular flexibility index (Phi) is 7.67. The van der Waals surface area contributed by atoms with Crippen molar-refractivity contribution in [2.24, 2.45) is 11.8 Å². The first-order valence-electron chi connectivity index (χ1n) is 11.1. The summed E-state index contributed by atoms with van der Waals surface area (Å²) in [6.07, 6.45) is 9.60. The molecule has 0 aliphatic heterocycles. The molecule has 3 aromatic rings. The molecule has 168 valence electrons. The maximum absolute atomic E-state index is 6.09. The summed E-state index contributed by atoms with van der Waals surface area (Å²) in [4.78, 5) is 6.85. The second kappa shape index (κ2) is 10.7. The topological polar surface area (TPSA) is 42.2 Å². The Bertz CT molecular complexity index is 1020. The first-order valence-corrected chi connectivity index (χ1v) is 11.9. The monoisotopic (exact) mass is 469 g/mol. The quantitative estimate of drug-likeness (QED) is 0.370. The van der Waals surface area contributed by atoms with Gasteiger partial charge < -0.3 is 9.42 Å². The van der Waals surface area contributed by atoms with E-state index in [0.29, 0.717) is 36.0 Å². The van der Waals surface area contributed by atoms with Crippen molar-refractivity contribution < 1.29 is 4.52 Å². The van der Waals surface area contributed by atoms with E-state index >= 15 is 0 Å². The van der Waals surface area contributed by atoms with Crippen LogP contribution in [0.4, 0.5) is 0 Å². The minimum Gasteiger partial charge on any atom is -0.335 e. The van der Waals surface area contributed by atoms with Crippen molar-refractivity contribution in [2.75, 3.05) is 14.1 Å². The number of nitrogens with zero attached hydrogens (tertiary/aromatic N) is 3. The van der Waals surface area contributed by atoms with E-state index in [4.69, 9.17) is 27.7 Å². The molecule has 6 heteroatoms. The van der Waals surface area contributed by atoms with Gasteiger partial charge in [0.2, 0.25) is 5.89 Å². The zero-order valence-electron chi connectivity index (χ0n) is 18.5. The van der Waals surface area contributed by atoms with E-state index in [9.17, 15) is 0 Å². The fraction of sp³-hybridized carbons (Fsp3) is 0.385. The van der Waals surface area contributed by atoms with E-state index < -0.39 is 0 Å². The number of allylic oxidation sites excluding steroid dienone is 1.